The van der Waals surface area contributed by atoms with E-state index in [0.717, 1.165) is 0 Å². The minimum absolute atomic E-state index is 0.241. The Balaban J connectivity index is 2.80. The van der Waals surface area contributed by atoms with Crippen LogP contribution in [0.25, 0.3) is 0 Å². The smallest absolute Gasteiger partial charge is 0.232 e. The van der Waals surface area contributed by atoms with Crippen LogP contribution in [0, 0.1) is 5.92 Å². The van der Waals surface area contributed by atoms with Crippen LogP contribution in [0.4, 0.5) is 0 Å². The molecule has 0 aromatic rings. The van der Waals surface area contributed by atoms with Gasteiger partial charge in [0, 0.05) is 0 Å². The van der Waals surface area contributed by atoms with Crippen molar-refractivity contribution in [1.82, 2.24) is 0 Å². The van der Waals surface area contributed by atoms with E-state index < -0.39 is 11.8 Å². The third-order valence-electron chi connectivity index (χ3n) is 1.29. The van der Waals surface area contributed by atoms with E-state index in [1.807, 2.05) is 0 Å². The maximum Gasteiger partial charge on any atom is 0.232 e. The van der Waals surface area contributed by atoms with Crippen molar-refractivity contribution >= 4 is 11.7 Å². The molecule has 0 heterocycles. The van der Waals surface area contributed by atoms with E-state index >= 15 is 0 Å². The van der Waals surface area contributed by atoms with E-state index in [2.05, 4.69) is 0 Å². The Morgan fingerprint density at radius 3 is 2.60 bits per heavy atom. The van der Waals surface area contributed by atoms with Gasteiger partial charge in [-0.1, -0.05) is 18.2 Å². The van der Waals surface area contributed by atoms with Gasteiger partial charge in [0.2, 0.25) is 5.91 Å². The fraction of sp³-hybridized carbons (Fsp3) is 0.143. The number of amides is 1. The minimum atomic E-state index is -0.745. The third-order valence-corrected chi connectivity index (χ3v) is 1.29. The molecule has 0 saturated heterocycles. The lowest BCUT2D eigenvalue weighted by Crippen LogP contribution is -2.28. The largest absolute Gasteiger partial charge is 0.369 e. The van der Waals surface area contributed by atoms with Gasteiger partial charge in [-0.25, -0.2) is 0 Å². The van der Waals surface area contributed by atoms with Crippen molar-refractivity contribution < 1.29 is 9.59 Å². The van der Waals surface area contributed by atoms with Gasteiger partial charge in [0.25, 0.3) is 0 Å². The normalized spacial score (nSPS) is 23.2. The topological polar surface area (TPSA) is 60.2 Å². The summed E-state index contributed by atoms with van der Waals surface area (Å²) in [4.78, 5) is 21.3. The Hall–Kier alpha value is -1.38. The first-order valence-electron chi connectivity index (χ1n) is 2.90. The molecule has 1 amide bonds. The molecule has 3 heteroatoms. The van der Waals surface area contributed by atoms with Crippen molar-refractivity contribution in [3.05, 3.63) is 24.3 Å². The second-order valence-corrected chi connectivity index (χ2v) is 2.03. The summed E-state index contributed by atoms with van der Waals surface area (Å²) in [6.45, 7) is 0. The van der Waals surface area contributed by atoms with Crippen molar-refractivity contribution in [2.45, 2.75) is 0 Å². The summed E-state index contributed by atoms with van der Waals surface area (Å²) in [6, 6.07) is 0. The average molecular weight is 137 g/mol. The van der Waals surface area contributed by atoms with E-state index in [4.69, 9.17) is 5.73 Å². The quantitative estimate of drug-likeness (QED) is 0.508. The predicted octanol–water partition coefficient (Wildman–Crippen LogP) is -0.217. The first-order chi connectivity index (χ1) is 4.72. The Kier molecular flexibility index (Phi) is 1.67. The molecule has 0 aliphatic heterocycles. The summed E-state index contributed by atoms with van der Waals surface area (Å²) in [5.41, 5.74) is 4.91. The lowest BCUT2D eigenvalue weighted by atomic mass is 9.99. The van der Waals surface area contributed by atoms with Crippen LogP contribution in [0.5, 0.6) is 0 Å². The molecule has 0 saturated carbocycles. The van der Waals surface area contributed by atoms with Crippen molar-refractivity contribution in [3.63, 3.8) is 0 Å². The Morgan fingerprint density at radius 1 is 1.50 bits per heavy atom. The van der Waals surface area contributed by atoms with E-state index in [-0.39, 0.29) is 5.78 Å². The molecule has 1 aliphatic carbocycles. The standard InChI is InChI=1S/C7H7NO2/c8-7(10)5-3-1-2-4-6(5)9/h1-5H,(H2,8,10). The molecule has 3 nitrogen and oxygen atoms in total. The second kappa shape index (κ2) is 2.47. The molecule has 0 aromatic carbocycles. The number of carbonyl (C=O) groups excluding carboxylic acids is 2. The van der Waals surface area contributed by atoms with Gasteiger partial charge in [-0.05, 0) is 6.08 Å². The zero-order chi connectivity index (χ0) is 7.56. The van der Waals surface area contributed by atoms with E-state index in [9.17, 15) is 9.59 Å². The second-order valence-electron chi connectivity index (χ2n) is 2.03. The molecular formula is C7H7NO2. The Morgan fingerprint density at radius 2 is 2.20 bits per heavy atom. The predicted molar refractivity (Wildman–Crippen MR) is 36.0 cm³/mol. The van der Waals surface area contributed by atoms with E-state index in [0.29, 0.717) is 0 Å². The lowest BCUT2D eigenvalue weighted by molar-refractivity contribution is -0.127. The first kappa shape index (κ1) is 6.74. The number of carbonyl (C=O) groups is 2. The van der Waals surface area contributed by atoms with Gasteiger partial charge in [0.15, 0.2) is 5.78 Å². The fourth-order valence-electron chi connectivity index (χ4n) is 0.759. The van der Waals surface area contributed by atoms with Crippen LogP contribution >= 0.6 is 0 Å². The molecule has 0 radical (unpaired) electrons. The summed E-state index contributed by atoms with van der Waals surface area (Å²) in [7, 11) is 0. The maximum atomic E-state index is 10.8. The number of hydrogen-bond acceptors (Lipinski definition) is 2. The van der Waals surface area contributed by atoms with Gasteiger partial charge in [0.1, 0.15) is 5.92 Å². The number of ketones is 1. The van der Waals surface area contributed by atoms with Crippen molar-refractivity contribution in [2.75, 3.05) is 0 Å². The highest BCUT2D eigenvalue weighted by atomic mass is 16.2. The first-order valence-corrected chi connectivity index (χ1v) is 2.90. The summed E-state index contributed by atoms with van der Waals surface area (Å²) in [5.74, 6) is -1.58. The number of rotatable bonds is 1. The Bertz CT molecular complexity index is 228. The molecule has 1 aliphatic rings. The van der Waals surface area contributed by atoms with Crippen LogP contribution in [0.1, 0.15) is 0 Å². The van der Waals surface area contributed by atoms with Gasteiger partial charge < -0.3 is 5.73 Å². The molecule has 1 atom stereocenters. The molecule has 0 fully saturated rings. The van der Waals surface area contributed by atoms with Gasteiger partial charge in [-0.15, -0.1) is 0 Å². The highest BCUT2D eigenvalue weighted by Gasteiger charge is 2.19. The molecule has 52 valence electrons. The third kappa shape index (κ3) is 1.13. The summed E-state index contributed by atoms with van der Waals surface area (Å²) >= 11 is 0. The lowest BCUT2D eigenvalue weighted by Gasteiger charge is -2.05. The zero-order valence-corrected chi connectivity index (χ0v) is 5.28. The number of allylic oxidation sites excluding steroid dienone is 3. The van der Waals surface area contributed by atoms with Crippen LogP contribution in [-0.4, -0.2) is 11.7 Å². The number of hydrogen-bond donors (Lipinski definition) is 1. The van der Waals surface area contributed by atoms with E-state index in [1.165, 1.54) is 12.2 Å². The molecule has 1 unspecified atom stereocenters. The SMILES string of the molecule is NC(=O)C1C=CC=CC1=O. The molecule has 0 aromatic heterocycles. The average Bonchev–Trinajstić information content (AvgIpc) is 1.88. The molecule has 1 rings (SSSR count). The van der Waals surface area contributed by atoms with Crippen molar-refractivity contribution in [2.24, 2.45) is 11.7 Å². The molecule has 0 bridgehead atoms. The summed E-state index contributed by atoms with van der Waals surface area (Å²) < 4.78 is 0. The van der Waals surface area contributed by atoms with Gasteiger partial charge in [-0.2, -0.15) is 0 Å². The molecule has 2 N–H and O–H groups in total. The summed E-state index contributed by atoms with van der Waals surface area (Å²) in [6.07, 6.45) is 6.05. The van der Waals surface area contributed by atoms with Crippen LogP contribution in [-0.2, 0) is 9.59 Å². The van der Waals surface area contributed by atoms with Gasteiger partial charge in [0.05, 0.1) is 0 Å². The maximum absolute atomic E-state index is 10.8. The van der Waals surface area contributed by atoms with Gasteiger partial charge >= 0.3 is 0 Å². The monoisotopic (exact) mass is 137 g/mol. The molecule has 0 spiro atoms. The summed E-state index contributed by atoms with van der Waals surface area (Å²) in [5, 5.41) is 0. The van der Waals surface area contributed by atoms with Crippen LogP contribution < -0.4 is 5.73 Å². The molecule has 10 heavy (non-hydrogen) atoms. The highest BCUT2D eigenvalue weighted by molar-refractivity contribution is 6.08. The minimum Gasteiger partial charge on any atom is -0.369 e. The van der Waals surface area contributed by atoms with Crippen LogP contribution in [0.15, 0.2) is 24.3 Å². The zero-order valence-electron chi connectivity index (χ0n) is 5.28. The molecular weight excluding hydrogens is 130 g/mol. The Labute approximate surface area is 58.2 Å². The number of primary amides is 1. The van der Waals surface area contributed by atoms with Crippen molar-refractivity contribution in [3.8, 4) is 0 Å². The van der Waals surface area contributed by atoms with Crippen LogP contribution in [0.2, 0.25) is 0 Å². The number of nitrogens with two attached hydrogens (primary N) is 1. The van der Waals surface area contributed by atoms with Crippen LogP contribution in [0.3, 0.4) is 0 Å². The van der Waals surface area contributed by atoms with Gasteiger partial charge in [-0.3, -0.25) is 9.59 Å². The van der Waals surface area contributed by atoms with Crippen molar-refractivity contribution in [1.29, 1.82) is 0 Å². The van der Waals surface area contributed by atoms with E-state index in [1.54, 1.807) is 12.2 Å². The highest BCUT2D eigenvalue weighted by Crippen LogP contribution is 2.05. The fourth-order valence-corrected chi connectivity index (χ4v) is 0.759.